The molecule has 18 heavy (non-hydrogen) atoms. The van der Waals surface area contributed by atoms with Gasteiger partial charge in [-0.05, 0) is 52.9 Å². The van der Waals surface area contributed by atoms with Crippen LogP contribution < -0.4 is 0 Å². The van der Waals surface area contributed by atoms with E-state index in [1.165, 1.54) is 18.2 Å². The van der Waals surface area contributed by atoms with Gasteiger partial charge in [0.25, 0.3) is 0 Å². The molecule has 0 aliphatic heterocycles. The Kier molecular flexibility index (Phi) is 4.25. The highest BCUT2D eigenvalue weighted by atomic mass is 127. The third kappa shape index (κ3) is 3.26. The first-order valence-electron chi connectivity index (χ1n) is 5.39. The van der Waals surface area contributed by atoms with E-state index in [9.17, 15) is 9.18 Å². The van der Waals surface area contributed by atoms with Crippen LogP contribution in [0.15, 0.2) is 54.6 Å². The molecule has 0 heterocycles. The van der Waals surface area contributed by atoms with Gasteiger partial charge in [0, 0.05) is 14.7 Å². The Morgan fingerprint density at radius 1 is 1.11 bits per heavy atom. The summed E-state index contributed by atoms with van der Waals surface area (Å²) in [6.45, 7) is 0. The van der Waals surface area contributed by atoms with Gasteiger partial charge < -0.3 is 0 Å². The van der Waals surface area contributed by atoms with Gasteiger partial charge in [-0.25, -0.2) is 4.39 Å². The zero-order chi connectivity index (χ0) is 13.0. The van der Waals surface area contributed by atoms with Crippen molar-refractivity contribution in [2.24, 2.45) is 0 Å². The standard InChI is InChI=1S/C15H10FIO/c16-14-7-2-1-4-11(14)8-9-15(18)12-5-3-6-13(17)10-12/h1-10H. The van der Waals surface area contributed by atoms with Gasteiger partial charge in [0.15, 0.2) is 5.78 Å². The van der Waals surface area contributed by atoms with Gasteiger partial charge >= 0.3 is 0 Å². The lowest BCUT2D eigenvalue weighted by Gasteiger charge is -1.97. The average molecular weight is 352 g/mol. The molecule has 0 radical (unpaired) electrons. The lowest BCUT2D eigenvalue weighted by Crippen LogP contribution is -1.94. The Balaban J connectivity index is 2.20. The third-order valence-corrected chi connectivity index (χ3v) is 3.10. The number of carbonyl (C=O) groups excluding carboxylic acids is 1. The van der Waals surface area contributed by atoms with Gasteiger partial charge in [-0.2, -0.15) is 0 Å². The van der Waals surface area contributed by atoms with Gasteiger partial charge in [0.05, 0.1) is 0 Å². The second-order valence-corrected chi connectivity index (χ2v) is 4.98. The maximum atomic E-state index is 13.3. The summed E-state index contributed by atoms with van der Waals surface area (Å²) in [4.78, 5) is 11.9. The Hall–Kier alpha value is -1.49. The molecular weight excluding hydrogens is 342 g/mol. The second kappa shape index (κ2) is 5.91. The summed E-state index contributed by atoms with van der Waals surface area (Å²) >= 11 is 2.15. The summed E-state index contributed by atoms with van der Waals surface area (Å²) in [7, 11) is 0. The number of halogens is 2. The van der Waals surface area contributed by atoms with Crippen LogP contribution >= 0.6 is 22.6 Å². The molecular formula is C15H10FIO. The molecule has 0 spiro atoms. The molecule has 2 rings (SSSR count). The number of allylic oxidation sites excluding steroid dienone is 1. The van der Waals surface area contributed by atoms with Crippen LogP contribution in [0.4, 0.5) is 4.39 Å². The summed E-state index contributed by atoms with van der Waals surface area (Å²) < 4.78 is 14.3. The van der Waals surface area contributed by atoms with Crippen LogP contribution in [0.2, 0.25) is 0 Å². The SMILES string of the molecule is O=C(C=Cc1ccccc1F)c1cccc(I)c1. The number of rotatable bonds is 3. The fraction of sp³-hybridized carbons (Fsp3) is 0. The van der Waals surface area contributed by atoms with E-state index in [-0.39, 0.29) is 11.6 Å². The number of carbonyl (C=O) groups is 1. The fourth-order valence-corrected chi connectivity index (χ4v) is 2.06. The lowest BCUT2D eigenvalue weighted by molar-refractivity contribution is 0.104. The average Bonchev–Trinajstić information content (AvgIpc) is 2.37. The number of hydrogen-bond acceptors (Lipinski definition) is 1. The zero-order valence-electron chi connectivity index (χ0n) is 9.44. The highest BCUT2D eigenvalue weighted by Crippen LogP contribution is 2.11. The quantitative estimate of drug-likeness (QED) is 0.457. The summed E-state index contributed by atoms with van der Waals surface area (Å²) in [6, 6.07) is 13.6. The van der Waals surface area contributed by atoms with E-state index in [0.29, 0.717) is 11.1 Å². The van der Waals surface area contributed by atoms with Crippen LogP contribution in [0.5, 0.6) is 0 Å². The predicted molar refractivity (Wildman–Crippen MR) is 78.9 cm³/mol. The Morgan fingerprint density at radius 2 is 1.89 bits per heavy atom. The molecule has 0 saturated heterocycles. The van der Waals surface area contributed by atoms with Crippen molar-refractivity contribution in [1.29, 1.82) is 0 Å². The van der Waals surface area contributed by atoms with E-state index in [1.54, 1.807) is 30.3 Å². The normalized spacial score (nSPS) is 10.8. The molecule has 0 bridgehead atoms. The molecule has 0 fully saturated rings. The number of benzene rings is 2. The minimum absolute atomic E-state index is 0.128. The first-order chi connectivity index (χ1) is 8.66. The topological polar surface area (TPSA) is 17.1 Å². The summed E-state index contributed by atoms with van der Waals surface area (Å²) in [5.74, 6) is -0.457. The molecule has 0 aromatic heterocycles. The molecule has 0 aliphatic carbocycles. The van der Waals surface area contributed by atoms with Crippen LogP contribution in [0, 0.1) is 9.39 Å². The van der Waals surface area contributed by atoms with Gasteiger partial charge in [-0.3, -0.25) is 4.79 Å². The monoisotopic (exact) mass is 352 g/mol. The van der Waals surface area contributed by atoms with Gasteiger partial charge in [0.1, 0.15) is 5.82 Å². The van der Waals surface area contributed by atoms with Crippen LogP contribution in [0.1, 0.15) is 15.9 Å². The summed E-state index contributed by atoms with van der Waals surface area (Å²) in [6.07, 6.45) is 2.89. The first-order valence-corrected chi connectivity index (χ1v) is 6.47. The fourth-order valence-electron chi connectivity index (χ4n) is 1.51. The minimum Gasteiger partial charge on any atom is -0.289 e. The summed E-state index contributed by atoms with van der Waals surface area (Å²) in [5, 5.41) is 0. The van der Waals surface area contributed by atoms with Crippen molar-refractivity contribution in [2.75, 3.05) is 0 Å². The molecule has 2 aromatic carbocycles. The Labute approximate surface area is 118 Å². The highest BCUT2D eigenvalue weighted by molar-refractivity contribution is 14.1. The van der Waals surface area contributed by atoms with Crippen LogP contribution in [0.25, 0.3) is 6.08 Å². The number of ketones is 1. The van der Waals surface area contributed by atoms with Crippen LogP contribution in [-0.4, -0.2) is 5.78 Å². The molecule has 3 heteroatoms. The van der Waals surface area contributed by atoms with Crippen molar-refractivity contribution >= 4 is 34.5 Å². The molecule has 0 unspecified atom stereocenters. The van der Waals surface area contributed by atoms with Crippen molar-refractivity contribution in [3.8, 4) is 0 Å². The molecule has 1 nitrogen and oxygen atoms in total. The molecule has 0 aliphatic rings. The van der Waals surface area contributed by atoms with Crippen LogP contribution in [-0.2, 0) is 0 Å². The van der Waals surface area contributed by atoms with Gasteiger partial charge in [0.2, 0.25) is 0 Å². The predicted octanol–water partition coefficient (Wildman–Crippen LogP) is 4.33. The molecule has 2 aromatic rings. The maximum Gasteiger partial charge on any atom is 0.185 e. The smallest absolute Gasteiger partial charge is 0.185 e. The van der Waals surface area contributed by atoms with E-state index < -0.39 is 0 Å². The van der Waals surface area contributed by atoms with E-state index in [4.69, 9.17) is 0 Å². The van der Waals surface area contributed by atoms with Crippen molar-refractivity contribution in [3.05, 3.63) is 75.1 Å². The molecule has 0 atom stereocenters. The minimum atomic E-state index is -0.329. The summed E-state index contributed by atoms with van der Waals surface area (Å²) in [5.41, 5.74) is 1.02. The van der Waals surface area contributed by atoms with Gasteiger partial charge in [-0.1, -0.05) is 30.3 Å². The van der Waals surface area contributed by atoms with Crippen LogP contribution in [0.3, 0.4) is 0 Å². The van der Waals surface area contributed by atoms with Crippen molar-refractivity contribution in [3.63, 3.8) is 0 Å². The number of hydrogen-bond donors (Lipinski definition) is 0. The molecule has 0 saturated carbocycles. The second-order valence-electron chi connectivity index (χ2n) is 3.73. The van der Waals surface area contributed by atoms with E-state index in [1.807, 2.05) is 12.1 Å². The molecule has 90 valence electrons. The van der Waals surface area contributed by atoms with Crippen molar-refractivity contribution in [2.45, 2.75) is 0 Å². The third-order valence-electron chi connectivity index (χ3n) is 2.43. The van der Waals surface area contributed by atoms with Crippen molar-refractivity contribution in [1.82, 2.24) is 0 Å². The first kappa shape index (κ1) is 13.0. The largest absolute Gasteiger partial charge is 0.289 e. The Morgan fingerprint density at radius 3 is 2.61 bits per heavy atom. The molecule has 0 amide bonds. The van der Waals surface area contributed by atoms with Gasteiger partial charge in [-0.15, -0.1) is 0 Å². The zero-order valence-corrected chi connectivity index (χ0v) is 11.6. The maximum absolute atomic E-state index is 13.3. The van der Waals surface area contributed by atoms with E-state index in [2.05, 4.69) is 22.6 Å². The highest BCUT2D eigenvalue weighted by Gasteiger charge is 2.02. The Bertz CT molecular complexity index is 605. The van der Waals surface area contributed by atoms with Crippen molar-refractivity contribution < 1.29 is 9.18 Å². The van der Waals surface area contributed by atoms with E-state index >= 15 is 0 Å². The van der Waals surface area contributed by atoms with E-state index in [0.717, 1.165) is 3.57 Å². The lowest BCUT2D eigenvalue weighted by atomic mass is 10.1. The molecule has 0 N–H and O–H groups in total.